The number of hydrogen-bond donors (Lipinski definition) is 1. The molecular formula is C23H25N3O5S. The molecule has 0 bridgehead atoms. The Morgan fingerprint density at radius 1 is 1.16 bits per heavy atom. The van der Waals surface area contributed by atoms with E-state index in [1.807, 2.05) is 24.3 Å². The summed E-state index contributed by atoms with van der Waals surface area (Å²) in [4.78, 5) is 43.2. The molecule has 1 N–H and O–H groups in total. The first-order valence-electron chi connectivity index (χ1n) is 10.1. The number of rotatable bonds is 7. The van der Waals surface area contributed by atoms with Gasteiger partial charge in [-0.2, -0.15) is 0 Å². The molecule has 1 heterocycles. The molecule has 2 aromatic rings. The van der Waals surface area contributed by atoms with E-state index in [4.69, 9.17) is 9.47 Å². The average molecular weight is 456 g/mol. The van der Waals surface area contributed by atoms with Gasteiger partial charge in [0.1, 0.15) is 5.75 Å². The summed E-state index contributed by atoms with van der Waals surface area (Å²) in [5.41, 5.74) is 1.88. The minimum atomic E-state index is -0.558. The van der Waals surface area contributed by atoms with E-state index in [-0.39, 0.29) is 18.2 Å². The van der Waals surface area contributed by atoms with Crippen LogP contribution < -0.4 is 10.1 Å². The zero-order valence-electron chi connectivity index (χ0n) is 18.2. The first-order chi connectivity index (χ1) is 15.4. The van der Waals surface area contributed by atoms with E-state index in [9.17, 15) is 14.4 Å². The Balaban J connectivity index is 1.88. The first-order valence-corrected chi connectivity index (χ1v) is 11.0. The van der Waals surface area contributed by atoms with Gasteiger partial charge < -0.3 is 14.8 Å². The number of amides is 2. The monoisotopic (exact) mass is 455 g/mol. The largest absolute Gasteiger partial charge is 0.497 e. The lowest BCUT2D eigenvalue weighted by molar-refractivity contribution is -0.130. The second kappa shape index (κ2) is 10.8. The van der Waals surface area contributed by atoms with E-state index in [1.165, 1.54) is 11.8 Å². The van der Waals surface area contributed by atoms with E-state index in [2.05, 4.69) is 10.3 Å². The third kappa shape index (κ3) is 5.67. The fraction of sp³-hybridized carbons (Fsp3) is 0.304. The van der Waals surface area contributed by atoms with Crippen LogP contribution in [0, 0.1) is 0 Å². The van der Waals surface area contributed by atoms with Crippen LogP contribution in [0.25, 0.3) is 0 Å². The van der Waals surface area contributed by atoms with Crippen LogP contribution in [0.4, 0.5) is 5.69 Å². The predicted molar refractivity (Wildman–Crippen MR) is 123 cm³/mol. The van der Waals surface area contributed by atoms with Crippen molar-refractivity contribution in [1.29, 1.82) is 0 Å². The van der Waals surface area contributed by atoms with Crippen molar-refractivity contribution in [3.05, 3.63) is 59.7 Å². The zero-order chi connectivity index (χ0) is 23.1. The van der Waals surface area contributed by atoms with Crippen LogP contribution in [0.2, 0.25) is 0 Å². The molecule has 8 nitrogen and oxygen atoms in total. The molecule has 0 aliphatic carbocycles. The smallest absolute Gasteiger partial charge is 0.338 e. The standard InChI is InChI=1S/C23H25N3O5S/c1-4-31-22(29)16-7-9-17(10-8-16)25-23-26(14-15-5-11-18(30-3)12-6-15)20(27)13-19(32-23)21(28)24-2/h5-12,19H,4,13-14H2,1-3H3,(H,24,28). The van der Waals surface area contributed by atoms with Crippen LogP contribution in [0.15, 0.2) is 53.5 Å². The molecular weight excluding hydrogens is 430 g/mol. The minimum absolute atomic E-state index is 0.0846. The van der Waals surface area contributed by atoms with Crippen LogP contribution in [0.3, 0.4) is 0 Å². The highest BCUT2D eigenvalue weighted by molar-refractivity contribution is 8.15. The van der Waals surface area contributed by atoms with Gasteiger partial charge in [-0.25, -0.2) is 9.79 Å². The van der Waals surface area contributed by atoms with E-state index >= 15 is 0 Å². The molecule has 2 aromatic carbocycles. The molecule has 9 heteroatoms. The second-order valence-electron chi connectivity index (χ2n) is 6.91. The number of carbonyl (C=O) groups excluding carboxylic acids is 3. The van der Waals surface area contributed by atoms with E-state index in [0.29, 0.717) is 29.6 Å². The molecule has 3 rings (SSSR count). The number of carbonyl (C=O) groups is 3. The number of esters is 1. The summed E-state index contributed by atoms with van der Waals surface area (Å²) < 4.78 is 10.2. The summed E-state index contributed by atoms with van der Waals surface area (Å²) in [5, 5.41) is 2.47. The van der Waals surface area contributed by atoms with E-state index < -0.39 is 11.2 Å². The molecule has 0 saturated carbocycles. The van der Waals surface area contributed by atoms with Crippen molar-refractivity contribution in [3.8, 4) is 5.75 Å². The van der Waals surface area contributed by atoms with Crippen LogP contribution in [0.1, 0.15) is 29.3 Å². The second-order valence-corrected chi connectivity index (χ2v) is 8.08. The van der Waals surface area contributed by atoms with E-state index in [1.54, 1.807) is 50.2 Å². The van der Waals surface area contributed by atoms with E-state index in [0.717, 1.165) is 11.3 Å². The number of aliphatic imine (C=N–C) groups is 1. The third-order valence-electron chi connectivity index (χ3n) is 4.78. The van der Waals surface area contributed by atoms with Gasteiger partial charge in [0.15, 0.2) is 5.17 Å². The summed E-state index contributed by atoms with van der Waals surface area (Å²) in [5.74, 6) is -0.0917. The van der Waals surface area contributed by atoms with Crippen molar-refractivity contribution in [2.75, 3.05) is 20.8 Å². The highest BCUT2D eigenvalue weighted by Gasteiger charge is 2.35. The number of methoxy groups -OCH3 is 1. The van der Waals surface area contributed by atoms with Gasteiger partial charge in [-0.05, 0) is 48.9 Å². The summed E-state index contributed by atoms with van der Waals surface area (Å²) in [6.45, 7) is 2.36. The topological polar surface area (TPSA) is 97.3 Å². The highest BCUT2D eigenvalue weighted by atomic mass is 32.2. The predicted octanol–water partition coefficient (Wildman–Crippen LogP) is 3.14. The number of hydrogen-bond acceptors (Lipinski definition) is 7. The highest BCUT2D eigenvalue weighted by Crippen LogP contribution is 2.30. The van der Waals surface area contributed by atoms with Gasteiger partial charge in [0.05, 0.1) is 36.8 Å². The molecule has 0 aromatic heterocycles. The molecule has 0 radical (unpaired) electrons. The molecule has 1 aliphatic rings. The van der Waals surface area contributed by atoms with Crippen molar-refractivity contribution in [2.24, 2.45) is 4.99 Å². The van der Waals surface area contributed by atoms with Gasteiger partial charge in [0, 0.05) is 13.5 Å². The number of amidine groups is 1. The first kappa shape index (κ1) is 23.3. The molecule has 1 atom stereocenters. The Morgan fingerprint density at radius 2 is 1.84 bits per heavy atom. The lowest BCUT2D eigenvalue weighted by Gasteiger charge is -2.31. The lowest BCUT2D eigenvalue weighted by Crippen LogP contribution is -2.45. The van der Waals surface area contributed by atoms with Gasteiger partial charge in [-0.3, -0.25) is 14.5 Å². The van der Waals surface area contributed by atoms with Gasteiger partial charge in [-0.1, -0.05) is 23.9 Å². The maximum Gasteiger partial charge on any atom is 0.338 e. The molecule has 32 heavy (non-hydrogen) atoms. The Bertz CT molecular complexity index is 1010. The van der Waals surface area contributed by atoms with Gasteiger partial charge in [0.2, 0.25) is 11.8 Å². The molecule has 0 spiro atoms. The molecule has 1 aliphatic heterocycles. The molecule has 1 fully saturated rings. The summed E-state index contributed by atoms with van der Waals surface area (Å²) >= 11 is 1.24. The zero-order valence-corrected chi connectivity index (χ0v) is 19.0. The number of ether oxygens (including phenoxy) is 2. The Hall–Kier alpha value is -3.33. The van der Waals surface area contributed by atoms with Crippen LogP contribution in [-0.4, -0.2) is 53.9 Å². The van der Waals surface area contributed by atoms with Crippen LogP contribution in [-0.2, 0) is 20.9 Å². The summed E-state index contributed by atoms with van der Waals surface area (Å²) in [7, 11) is 3.14. The third-order valence-corrected chi connectivity index (χ3v) is 5.97. The maximum atomic E-state index is 12.9. The fourth-order valence-corrected chi connectivity index (χ4v) is 4.23. The SMILES string of the molecule is CCOC(=O)c1ccc(N=C2SC(C(=O)NC)CC(=O)N2Cc2ccc(OC)cc2)cc1. The normalized spacial score (nSPS) is 17.2. The Kier molecular flexibility index (Phi) is 7.88. The Labute approximate surface area is 191 Å². The van der Waals surface area contributed by atoms with Gasteiger partial charge >= 0.3 is 5.97 Å². The molecule has 1 unspecified atom stereocenters. The minimum Gasteiger partial charge on any atom is -0.497 e. The number of benzene rings is 2. The summed E-state index contributed by atoms with van der Waals surface area (Å²) in [6.07, 6.45) is 0.0846. The van der Waals surface area contributed by atoms with Crippen molar-refractivity contribution in [1.82, 2.24) is 10.2 Å². The van der Waals surface area contributed by atoms with Crippen LogP contribution in [0.5, 0.6) is 5.75 Å². The fourth-order valence-electron chi connectivity index (χ4n) is 3.07. The average Bonchev–Trinajstić information content (AvgIpc) is 2.81. The van der Waals surface area contributed by atoms with Crippen LogP contribution >= 0.6 is 11.8 Å². The molecule has 168 valence electrons. The van der Waals surface area contributed by atoms with Crippen molar-refractivity contribution >= 4 is 40.4 Å². The maximum absolute atomic E-state index is 12.9. The van der Waals surface area contributed by atoms with Crippen molar-refractivity contribution in [3.63, 3.8) is 0 Å². The number of nitrogens with zero attached hydrogens (tertiary/aromatic N) is 2. The number of thioether (sulfide) groups is 1. The summed E-state index contributed by atoms with van der Waals surface area (Å²) in [6, 6.07) is 14.0. The quantitative estimate of drug-likeness (QED) is 0.645. The van der Waals surface area contributed by atoms with Crippen molar-refractivity contribution < 1.29 is 23.9 Å². The lowest BCUT2D eigenvalue weighted by atomic mass is 10.2. The number of nitrogens with one attached hydrogen (secondary N) is 1. The molecule has 2 amide bonds. The van der Waals surface area contributed by atoms with Crippen molar-refractivity contribution in [2.45, 2.75) is 25.1 Å². The van der Waals surface area contributed by atoms with Gasteiger partial charge in [0.25, 0.3) is 0 Å². The Morgan fingerprint density at radius 3 is 2.44 bits per heavy atom. The van der Waals surface area contributed by atoms with Gasteiger partial charge in [-0.15, -0.1) is 0 Å². The molecule has 1 saturated heterocycles.